The molecule has 0 aliphatic heterocycles. The molecular weight excluding hydrogens is 248 g/mol. The van der Waals surface area contributed by atoms with Gasteiger partial charge in [0.15, 0.2) is 0 Å². The molecule has 2 nitrogen and oxygen atoms in total. The third-order valence-electron chi connectivity index (χ3n) is 3.53. The van der Waals surface area contributed by atoms with E-state index < -0.39 is 0 Å². The van der Waals surface area contributed by atoms with Crippen molar-refractivity contribution in [2.45, 2.75) is 33.1 Å². The number of phenolic OH excluding ortho intramolecular Hbond substituents is 1. The number of aromatic hydroxyl groups is 1. The molecule has 0 saturated heterocycles. The van der Waals surface area contributed by atoms with E-state index in [9.17, 15) is 9.90 Å². The van der Waals surface area contributed by atoms with Crippen LogP contribution in [-0.2, 0) is 4.79 Å². The Balaban J connectivity index is 2.49. The molecule has 1 N–H and O–H groups in total. The van der Waals surface area contributed by atoms with Gasteiger partial charge in [-0.15, -0.1) is 0 Å². The van der Waals surface area contributed by atoms with Crippen molar-refractivity contribution in [2.75, 3.05) is 0 Å². The number of hydrogen-bond acceptors (Lipinski definition) is 2. The van der Waals surface area contributed by atoms with Gasteiger partial charge in [-0.25, -0.2) is 0 Å². The van der Waals surface area contributed by atoms with Gasteiger partial charge in [0.25, 0.3) is 0 Å². The van der Waals surface area contributed by atoms with Crippen molar-refractivity contribution in [3.05, 3.63) is 64.7 Å². The zero-order valence-electron chi connectivity index (χ0n) is 12.2. The first kappa shape index (κ1) is 14.3. The maximum absolute atomic E-state index is 11.6. The lowest BCUT2D eigenvalue weighted by Crippen LogP contribution is -2.07. The Morgan fingerprint density at radius 1 is 1.05 bits per heavy atom. The molecule has 0 fully saturated rings. The molecule has 0 saturated carbocycles. The summed E-state index contributed by atoms with van der Waals surface area (Å²) in [5, 5.41) is 10.1. The smallest absolute Gasteiger partial charge is 0.130 e. The van der Waals surface area contributed by atoms with Crippen molar-refractivity contribution < 1.29 is 9.90 Å². The van der Waals surface area contributed by atoms with Crippen molar-refractivity contribution in [2.24, 2.45) is 0 Å². The monoisotopic (exact) mass is 268 g/mol. The molecule has 2 heteroatoms. The largest absolute Gasteiger partial charge is 0.508 e. The Morgan fingerprint density at radius 3 is 2.25 bits per heavy atom. The first-order valence-electron chi connectivity index (χ1n) is 6.83. The molecule has 0 aliphatic rings. The molecule has 0 amide bonds. The SMILES string of the molecule is CC(=O)CC(c1ccc(C)cc1)c1cc(C)ccc1O. The fraction of sp³-hybridized carbons (Fsp3) is 0.278. The molecule has 2 aromatic carbocycles. The van der Waals surface area contributed by atoms with E-state index in [1.807, 2.05) is 50.2 Å². The predicted octanol–water partition coefficient (Wildman–Crippen LogP) is 4.12. The topological polar surface area (TPSA) is 37.3 Å². The molecule has 0 bridgehead atoms. The maximum Gasteiger partial charge on any atom is 0.130 e. The Morgan fingerprint density at radius 2 is 1.65 bits per heavy atom. The first-order chi connectivity index (χ1) is 9.47. The number of ketones is 1. The zero-order valence-corrected chi connectivity index (χ0v) is 12.2. The Hall–Kier alpha value is -2.09. The highest BCUT2D eigenvalue weighted by molar-refractivity contribution is 5.77. The van der Waals surface area contributed by atoms with E-state index in [2.05, 4.69) is 0 Å². The van der Waals surface area contributed by atoms with Crippen LogP contribution in [0.1, 0.15) is 41.5 Å². The number of rotatable bonds is 4. The number of carbonyl (C=O) groups excluding carboxylic acids is 1. The molecule has 0 aliphatic carbocycles. The lowest BCUT2D eigenvalue weighted by Gasteiger charge is -2.19. The number of aryl methyl sites for hydroxylation is 2. The molecule has 0 heterocycles. The quantitative estimate of drug-likeness (QED) is 0.905. The molecular formula is C18H20O2. The molecule has 2 aromatic rings. The van der Waals surface area contributed by atoms with Gasteiger partial charge in [-0.3, -0.25) is 4.79 Å². The Labute approximate surface area is 120 Å². The minimum absolute atomic E-state index is 0.0898. The van der Waals surface area contributed by atoms with Gasteiger partial charge in [-0.05, 0) is 32.4 Å². The van der Waals surface area contributed by atoms with Crippen molar-refractivity contribution in [1.82, 2.24) is 0 Å². The summed E-state index contributed by atoms with van der Waals surface area (Å²) in [6.45, 7) is 5.62. The molecule has 1 atom stereocenters. The van der Waals surface area contributed by atoms with Crippen molar-refractivity contribution in [3.8, 4) is 5.75 Å². The molecule has 0 spiro atoms. The van der Waals surface area contributed by atoms with Gasteiger partial charge in [0.2, 0.25) is 0 Å². The van der Waals surface area contributed by atoms with E-state index in [-0.39, 0.29) is 17.5 Å². The summed E-state index contributed by atoms with van der Waals surface area (Å²) in [7, 11) is 0. The molecule has 104 valence electrons. The maximum atomic E-state index is 11.6. The van der Waals surface area contributed by atoms with Gasteiger partial charge in [0.05, 0.1) is 0 Å². The van der Waals surface area contributed by atoms with E-state index in [0.717, 1.165) is 16.7 Å². The van der Waals surface area contributed by atoms with Crippen LogP contribution in [0.4, 0.5) is 0 Å². The number of Topliss-reactive ketones (excluding diaryl/α,β-unsaturated/α-hetero) is 1. The zero-order chi connectivity index (χ0) is 14.7. The van der Waals surface area contributed by atoms with Crippen LogP contribution in [0.25, 0.3) is 0 Å². The van der Waals surface area contributed by atoms with Gasteiger partial charge < -0.3 is 5.11 Å². The molecule has 0 radical (unpaired) electrons. The van der Waals surface area contributed by atoms with Crippen LogP contribution in [0.5, 0.6) is 5.75 Å². The third kappa shape index (κ3) is 3.27. The second-order valence-corrected chi connectivity index (χ2v) is 5.43. The number of hydrogen-bond donors (Lipinski definition) is 1. The van der Waals surface area contributed by atoms with Crippen LogP contribution in [0.3, 0.4) is 0 Å². The van der Waals surface area contributed by atoms with E-state index in [1.54, 1.807) is 13.0 Å². The lowest BCUT2D eigenvalue weighted by molar-refractivity contribution is -0.117. The predicted molar refractivity (Wildman–Crippen MR) is 81.2 cm³/mol. The normalized spacial score (nSPS) is 12.2. The van der Waals surface area contributed by atoms with Crippen molar-refractivity contribution in [3.63, 3.8) is 0 Å². The summed E-state index contributed by atoms with van der Waals surface area (Å²) in [6.07, 6.45) is 0.403. The first-order valence-corrected chi connectivity index (χ1v) is 6.83. The van der Waals surface area contributed by atoms with E-state index in [4.69, 9.17) is 0 Å². The average molecular weight is 268 g/mol. The molecule has 20 heavy (non-hydrogen) atoms. The van der Waals surface area contributed by atoms with E-state index >= 15 is 0 Å². The molecule has 0 aromatic heterocycles. The summed E-state index contributed by atoms with van der Waals surface area (Å²) in [5.74, 6) is 0.284. The highest BCUT2D eigenvalue weighted by Crippen LogP contribution is 2.34. The minimum atomic E-state index is -0.0898. The second-order valence-electron chi connectivity index (χ2n) is 5.43. The van der Waals surface area contributed by atoms with Gasteiger partial charge >= 0.3 is 0 Å². The number of carbonyl (C=O) groups is 1. The van der Waals surface area contributed by atoms with Crippen LogP contribution in [0.2, 0.25) is 0 Å². The van der Waals surface area contributed by atoms with Gasteiger partial charge in [0, 0.05) is 17.9 Å². The van der Waals surface area contributed by atoms with Crippen LogP contribution < -0.4 is 0 Å². The summed E-state index contributed by atoms with van der Waals surface area (Å²) in [4.78, 5) is 11.6. The summed E-state index contributed by atoms with van der Waals surface area (Å²) in [6, 6.07) is 13.7. The van der Waals surface area contributed by atoms with Crippen LogP contribution in [-0.4, -0.2) is 10.9 Å². The standard InChI is InChI=1S/C18H20O2/c1-12-4-7-15(8-5-12)16(11-14(3)19)17-10-13(2)6-9-18(17)20/h4-10,16,20H,11H2,1-3H3. The van der Waals surface area contributed by atoms with Crippen LogP contribution >= 0.6 is 0 Å². The Bertz CT molecular complexity index is 612. The summed E-state index contributed by atoms with van der Waals surface area (Å²) >= 11 is 0. The number of phenols is 1. The number of benzene rings is 2. The van der Waals surface area contributed by atoms with Crippen LogP contribution in [0.15, 0.2) is 42.5 Å². The minimum Gasteiger partial charge on any atom is -0.508 e. The van der Waals surface area contributed by atoms with Crippen LogP contribution in [0, 0.1) is 13.8 Å². The third-order valence-corrected chi connectivity index (χ3v) is 3.53. The second kappa shape index (κ2) is 5.91. The highest BCUT2D eigenvalue weighted by atomic mass is 16.3. The lowest BCUT2D eigenvalue weighted by atomic mass is 9.86. The van der Waals surface area contributed by atoms with Crippen molar-refractivity contribution >= 4 is 5.78 Å². The van der Waals surface area contributed by atoms with Crippen molar-refractivity contribution in [1.29, 1.82) is 0 Å². The molecule has 2 rings (SSSR count). The van der Waals surface area contributed by atoms with E-state index in [1.165, 1.54) is 5.56 Å². The molecule has 1 unspecified atom stereocenters. The fourth-order valence-corrected chi connectivity index (χ4v) is 2.45. The highest BCUT2D eigenvalue weighted by Gasteiger charge is 2.19. The average Bonchev–Trinajstić information content (AvgIpc) is 2.40. The Kier molecular flexibility index (Phi) is 4.23. The summed E-state index contributed by atoms with van der Waals surface area (Å²) in [5.41, 5.74) is 4.15. The fourth-order valence-electron chi connectivity index (χ4n) is 2.45. The van der Waals surface area contributed by atoms with E-state index in [0.29, 0.717) is 6.42 Å². The van der Waals surface area contributed by atoms with Gasteiger partial charge in [-0.2, -0.15) is 0 Å². The van der Waals surface area contributed by atoms with Gasteiger partial charge in [-0.1, -0.05) is 47.5 Å². The summed E-state index contributed by atoms with van der Waals surface area (Å²) < 4.78 is 0. The van der Waals surface area contributed by atoms with Gasteiger partial charge in [0.1, 0.15) is 11.5 Å².